The van der Waals surface area contributed by atoms with Gasteiger partial charge in [-0.1, -0.05) is 26.7 Å². The predicted molar refractivity (Wildman–Crippen MR) is 59.7 cm³/mol. The van der Waals surface area contributed by atoms with Crippen LogP contribution in [0.15, 0.2) is 0 Å². The van der Waals surface area contributed by atoms with Gasteiger partial charge in [0.2, 0.25) is 0 Å². The van der Waals surface area contributed by atoms with E-state index in [9.17, 15) is 9.90 Å². The van der Waals surface area contributed by atoms with Crippen LogP contribution in [0.1, 0.15) is 39.5 Å². The number of hydrogen-bond acceptors (Lipinski definition) is 3. The van der Waals surface area contributed by atoms with Crippen LogP contribution in [0.5, 0.6) is 0 Å². The van der Waals surface area contributed by atoms with Gasteiger partial charge in [0.1, 0.15) is 4.75 Å². The zero-order chi connectivity index (χ0) is 11.0. The molecular formula is C10H20O3S. The summed E-state index contributed by atoms with van der Waals surface area (Å²) in [6.07, 6.45) is 3.09. The fraction of sp³-hybridized carbons (Fsp3) is 0.900. The lowest BCUT2D eigenvalue weighted by Gasteiger charge is -2.27. The van der Waals surface area contributed by atoms with E-state index in [1.807, 2.05) is 13.8 Å². The first-order valence-electron chi connectivity index (χ1n) is 5.11. The summed E-state index contributed by atoms with van der Waals surface area (Å²) in [5.74, 6) is -0.230. The molecule has 4 heteroatoms. The molecule has 0 heterocycles. The third-order valence-corrected chi connectivity index (χ3v) is 3.69. The minimum atomic E-state index is -0.736. The Bertz CT molecular complexity index is 165. The number of thioether (sulfide) groups is 1. The van der Waals surface area contributed by atoms with Crippen LogP contribution in [0.4, 0.5) is 0 Å². The van der Waals surface area contributed by atoms with Crippen LogP contribution >= 0.6 is 11.8 Å². The minimum absolute atomic E-state index is 0.0487. The molecule has 0 radical (unpaired) electrons. The van der Waals surface area contributed by atoms with E-state index < -0.39 is 10.7 Å². The molecule has 0 rings (SSSR count). The van der Waals surface area contributed by atoms with Gasteiger partial charge in [-0.2, -0.15) is 0 Å². The molecule has 0 unspecified atom stereocenters. The Labute approximate surface area is 89.9 Å². The van der Waals surface area contributed by atoms with Crippen molar-refractivity contribution < 1.29 is 15.0 Å². The van der Waals surface area contributed by atoms with Gasteiger partial charge in [0.15, 0.2) is 0 Å². The molecule has 0 spiro atoms. The van der Waals surface area contributed by atoms with Gasteiger partial charge in [-0.3, -0.25) is 4.79 Å². The molecule has 0 aliphatic carbocycles. The molecule has 2 N–H and O–H groups in total. The topological polar surface area (TPSA) is 57.5 Å². The Kier molecular flexibility index (Phi) is 7.01. The summed E-state index contributed by atoms with van der Waals surface area (Å²) in [5.41, 5.74) is 0. The standard InChI is InChI=1S/C10H20O3S/c1-3-5-10(6-4-2,9(12)13)14-8-7-11/h11H,3-8H2,1-2H3,(H,12,13). The Morgan fingerprint density at radius 1 is 1.29 bits per heavy atom. The van der Waals surface area contributed by atoms with E-state index >= 15 is 0 Å². The van der Waals surface area contributed by atoms with E-state index in [1.165, 1.54) is 11.8 Å². The molecule has 0 atom stereocenters. The summed E-state index contributed by atoms with van der Waals surface area (Å²) in [6, 6.07) is 0. The van der Waals surface area contributed by atoms with Crippen LogP contribution in [-0.2, 0) is 4.79 Å². The SMILES string of the molecule is CCCC(CCC)(SCCO)C(=O)O. The van der Waals surface area contributed by atoms with Crippen LogP contribution in [0, 0.1) is 0 Å². The van der Waals surface area contributed by atoms with Gasteiger partial charge in [-0.25, -0.2) is 0 Å². The van der Waals surface area contributed by atoms with Crippen LogP contribution in [0.3, 0.4) is 0 Å². The number of carboxylic acid groups (broad SMARTS) is 1. The van der Waals surface area contributed by atoms with E-state index in [-0.39, 0.29) is 6.61 Å². The zero-order valence-corrected chi connectivity index (χ0v) is 9.77. The van der Waals surface area contributed by atoms with Gasteiger partial charge >= 0.3 is 5.97 Å². The van der Waals surface area contributed by atoms with E-state index in [4.69, 9.17) is 5.11 Å². The molecule has 0 bridgehead atoms. The molecule has 0 aromatic rings. The van der Waals surface area contributed by atoms with Crippen molar-refractivity contribution in [2.75, 3.05) is 12.4 Å². The van der Waals surface area contributed by atoms with Gasteiger partial charge in [-0.05, 0) is 12.8 Å². The fourth-order valence-corrected chi connectivity index (χ4v) is 2.90. The average Bonchev–Trinajstić information content (AvgIpc) is 2.14. The lowest BCUT2D eigenvalue weighted by Crippen LogP contribution is -2.35. The highest BCUT2D eigenvalue weighted by atomic mass is 32.2. The quantitative estimate of drug-likeness (QED) is 0.658. The number of hydrogen-bond donors (Lipinski definition) is 2. The number of carbonyl (C=O) groups is 1. The van der Waals surface area contributed by atoms with Crippen molar-refractivity contribution in [3.63, 3.8) is 0 Å². The van der Waals surface area contributed by atoms with Crippen molar-refractivity contribution in [2.45, 2.75) is 44.3 Å². The molecular weight excluding hydrogens is 200 g/mol. The molecule has 0 saturated heterocycles. The van der Waals surface area contributed by atoms with Gasteiger partial charge < -0.3 is 10.2 Å². The molecule has 0 aliphatic heterocycles. The largest absolute Gasteiger partial charge is 0.480 e. The third-order valence-electron chi connectivity index (χ3n) is 2.17. The number of aliphatic carboxylic acids is 1. The zero-order valence-electron chi connectivity index (χ0n) is 8.95. The summed E-state index contributed by atoms with van der Waals surface area (Å²) >= 11 is 1.38. The van der Waals surface area contributed by atoms with Gasteiger partial charge in [0.25, 0.3) is 0 Å². The molecule has 0 fully saturated rings. The first-order chi connectivity index (χ1) is 6.63. The van der Waals surface area contributed by atoms with Gasteiger partial charge in [-0.15, -0.1) is 11.8 Å². The molecule has 3 nitrogen and oxygen atoms in total. The summed E-state index contributed by atoms with van der Waals surface area (Å²) in [6.45, 7) is 4.03. The van der Waals surface area contributed by atoms with Crippen LogP contribution < -0.4 is 0 Å². The number of aliphatic hydroxyl groups excluding tert-OH is 1. The molecule has 0 aromatic carbocycles. The van der Waals surface area contributed by atoms with Crippen LogP contribution in [-0.4, -0.2) is 33.3 Å². The summed E-state index contributed by atoms with van der Waals surface area (Å²) in [4.78, 5) is 11.2. The summed E-state index contributed by atoms with van der Waals surface area (Å²) in [5, 5.41) is 17.9. The van der Waals surface area contributed by atoms with E-state index in [1.54, 1.807) is 0 Å². The molecule has 0 saturated carbocycles. The number of rotatable bonds is 8. The highest BCUT2D eigenvalue weighted by Gasteiger charge is 2.36. The third kappa shape index (κ3) is 3.88. The van der Waals surface area contributed by atoms with Crippen molar-refractivity contribution in [1.29, 1.82) is 0 Å². The smallest absolute Gasteiger partial charge is 0.319 e. The van der Waals surface area contributed by atoms with Crippen LogP contribution in [0.25, 0.3) is 0 Å². The average molecular weight is 220 g/mol. The van der Waals surface area contributed by atoms with Crippen molar-refractivity contribution >= 4 is 17.7 Å². The second-order valence-electron chi connectivity index (χ2n) is 3.37. The Morgan fingerprint density at radius 2 is 1.79 bits per heavy atom. The van der Waals surface area contributed by atoms with Crippen molar-refractivity contribution in [3.8, 4) is 0 Å². The first-order valence-corrected chi connectivity index (χ1v) is 6.09. The van der Waals surface area contributed by atoms with E-state index in [0.29, 0.717) is 18.6 Å². The molecule has 0 amide bonds. The minimum Gasteiger partial charge on any atom is -0.480 e. The normalized spacial score (nSPS) is 11.6. The second kappa shape index (κ2) is 7.12. The number of aliphatic hydroxyl groups is 1. The highest BCUT2D eigenvalue weighted by Crippen LogP contribution is 2.35. The first kappa shape index (κ1) is 13.8. The summed E-state index contributed by atoms with van der Waals surface area (Å²) in [7, 11) is 0. The van der Waals surface area contributed by atoms with E-state index in [2.05, 4.69) is 0 Å². The maximum atomic E-state index is 11.2. The maximum absolute atomic E-state index is 11.2. The predicted octanol–water partition coefficient (Wildman–Crippen LogP) is 2.14. The summed E-state index contributed by atoms with van der Waals surface area (Å²) < 4.78 is -0.674. The fourth-order valence-electron chi connectivity index (χ4n) is 1.59. The lowest BCUT2D eigenvalue weighted by atomic mass is 9.97. The lowest BCUT2D eigenvalue weighted by molar-refractivity contribution is -0.140. The van der Waals surface area contributed by atoms with Crippen molar-refractivity contribution in [3.05, 3.63) is 0 Å². The Morgan fingerprint density at radius 3 is 2.07 bits per heavy atom. The highest BCUT2D eigenvalue weighted by molar-refractivity contribution is 8.01. The molecule has 0 aliphatic rings. The number of carboxylic acids is 1. The monoisotopic (exact) mass is 220 g/mol. The second-order valence-corrected chi connectivity index (χ2v) is 4.85. The van der Waals surface area contributed by atoms with Crippen molar-refractivity contribution in [1.82, 2.24) is 0 Å². The Balaban J connectivity index is 4.46. The maximum Gasteiger partial charge on any atom is 0.319 e. The van der Waals surface area contributed by atoms with Gasteiger partial charge in [0.05, 0.1) is 6.61 Å². The molecule has 84 valence electrons. The van der Waals surface area contributed by atoms with Crippen molar-refractivity contribution in [2.24, 2.45) is 0 Å². The Hall–Kier alpha value is -0.220. The van der Waals surface area contributed by atoms with E-state index in [0.717, 1.165) is 12.8 Å². The van der Waals surface area contributed by atoms with Gasteiger partial charge in [0, 0.05) is 5.75 Å². The molecule has 0 aromatic heterocycles. The molecule has 14 heavy (non-hydrogen) atoms. The van der Waals surface area contributed by atoms with Crippen LogP contribution in [0.2, 0.25) is 0 Å².